The molecule has 146 valence electrons. The zero-order chi connectivity index (χ0) is 20.5. The lowest BCUT2D eigenvalue weighted by Crippen LogP contribution is -2.28. The molecule has 0 radical (unpaired) electrons. The summed E-state index contributed by atoms with van der Waals surface area (Å²) >= 11 is 0. The Kier molecular flexibility index (Phi) is 5.65. The highest BCUT2D eigenvalue weighted by molar-refractivity contribution is 5.52. The van der Waals surface area contributed by atoms with E-state index in [1.165, 1.54) is 44.6 Å². The zero-order valence-corrected chi connectivity index (χ0v) is 18.4. The second-order valence-corrected chi connectivity index (χ2v) is 8.69. The van der Waals surface area contributed by atoms with Crippen molar-refractivity contribution in [3.8, 4) is 0 Å². The van der Waals surface area contributed by atoms with Crippen LogP contribution in [0.4, 0.5) is 5.69 Å². The molecule has 3 aromatic rings. The first-order chi connectivity index (χ1) is 13.2. The van der Waals surface area contributed by atoms with Crippen molar-refractivity contribution >= 4 is 5.69 Å². The number of nitrogens with zero attached hydrogens (tertiary/aromatic N) is 1. The van der Waals surface area contributed by atoms with Crippen molar-refractivity contribution in [2.24, 2.45) is 0 Å². The van der Waals surface area contributed by atoms with Gasteiger partial charge in [-0.25, -0.2) is 0 Å². The van der Waals surface area contributed by atoms with Crippen LogP contribution in [0.15, 0.2) is 60.7 Å². The maximum absolute atomic E-state index is 2.40. The van der Waals surface area contributed by atoms with Crippen LogP contribution in [0.25, 0.3) is 0 Å². The molecule has 0 spiro atoms. The third-order valence-corrected chi connectivity index (χ3v) is 6.14. The minimum absolute atomic E-state index is 0.0807. The maximum atomic E-state index is 2.40. The molecule has 0 saturated heterocycles. The standard InChI is InChI=1S/C27H33N/c1-19-8-9-21(3)26(16-19)27(5,18-23-11-10-20(2)22(4)17-23)24-12-14-25(15-13-24)28(6)7/h8-17H,18H2,1-7H3. The van der Waals surface area contributed by atoms with Gasteiger partial charge in [0.25, 0.3) is 0 Å². The van der Waals surface area contributed by atoms with Gasteiger partial charge in [-0.1, -0.05) is 61.0 Å². The van der Waals surface area contributed by atoms with Gasteiger partial charge < -0.3 is 4.90 Å². The summed E-state index contributed by atoms with van der Waals surface area (Å²) in [5, 5.41) is 0. The van der Waals surface area contributed by atoms with Gasteiger partial charge in [0.15, 0.2) is 0 Å². The zero-order valence-electron chi connectivity index (χ0n) is 18.4. The molecule has 28 heavy (non-hydrogen) atoms. The largest absolute Gasteiger partial charge is 0.378 e. The number of rotatable bonds is 5. The van der Waals surface area contributed by atoms with E-state index in [2.05, 4.69) is 114 Å². The minimum Gasteiger partial charge on any atom is -0.378 e. The molecule has 3 aromatic carbocycles. The highest BCUT2D eigenvalue weighted by Gasteiger charge is 2.31. The summed E-state index contributed by atoms with van der Waals surface area (Å²) in [4.78, 5) is 2.16. The lowest BCUT2D eigenvalue weighted by Gasteiger charge is -2.34. The van der Waals surface area contributed by atoms with E-state index in [9.17, 15) is 0 Å². The van der Waals surface area contributed by atoms with Crippen LogP contribution in [0.5, 0.6) is 0 Å². The van der Waals surface area contributed by atoms with Crippen molar-refractivity contribution in [3.05, 3.63) is 99.6 Å². The first kappa shape index (κ1) is 20.2. The van der Waals surface area contributed by atoms with Crippen LogP contribution in [0.3, 0.4) is 0 Å². The van der Waals surface area contributed by atoms with Gasteiger partial charge in [0.1, 0.15) is 0 Å². The van der Waals surface area contributed by atoms with E-state index in [-0.39, 0.29) is 5.41 Å². The summed E-state index contributed by atoms with van der Waals surface area (Å²) in [7, 11) is 4.18. The predicted molar refractivity (Wildman–Crippen MR) is 123 cm³/mol. The summed E-state index contributed by atoms with van der Waals surface area (Å²) < 4.78 is 0. The first-order valence-corrected chi connectivity index (χ1v) is 10.1. The molecule has 1 atom stereocenters. The average Bonchev–Trinajstić information content (AvgIpc) is 2.66. The third kappa shape index (κ3) is 3.99. The fourth-order valence-corrected chi connectivity index (χ4v) is 4.13. The van der Waals surface area contributed by atoms with Gasteiger partial charge in [-0.05, 0) is 79.6 Å². The molecule has 1 nitrogen and oxygen atoms in total. The molecular formula is C27H33N. The van der Waals surface area contributed by atoms with E-state index < -0.39 is 0 Å². The number of benzene rings is 3. The summed E-state index contributed by atoms with van der Waals surface area (Å²) in [6.45, 7) is 11.2. The van der Waals surface area contributed by atoms with Crippen LogP contribution in [0.1, 0.15) is 45.9 Å². The Morgan fingerprint density at radius 1 is 0.714 bits per heavy atom. The Hall–Kier alpha value is -2.54. The smallest absolute Gasteiger partial charge is 0.0361 e. The quantitative estimate of drug-likeness (QED) is 0.492. The Balaban J connectivity index is 2.14. The van der Waals surface area contributed by atoms with Crippen molar-refractivity contribution < 1.29 is 0 Å². The number of aryl methyl sites for hydroxylation is 4. The molecule has 0 fully saturated rings. The highest BCUT2D eigenvalue weighted by Crippen LogP contribution is 2.38. The molecule has 1 unspecified atom stereocenters. The van der Waals surface area contributed by atoms with E-state index >= 15 is 0 Å². The van der Waals surface area contributed by atoms with Crippen LogP contribution in [-0.2, 0) is 11.8 Å². The van der Waals surface area contributed by atoms with E-state index in [0.717, 1.165) is 6.42 Å². The molecule has 3 rings (SSSR count). The first-order valence-electron chi connectivity index (χ1n) is 10.1. The molecule has 0 saturated carbocycles. The van der Waals surface area contributed by atoms with E-state index in [4.69, 9.17) is 0 Å². The normalized spacial score (nSPS) is 13.2. The van der Waals surface area contributed by atoms with Crippen LogP contribution in [0, 0.1) is 27.7 Å². The van der Waals surface area contributed by atoms with E-state index in [1.54, 1.807) is 0 Å². The van der Waals surface area contributed by atoms with Gasteiger partial charge in [0.2, 0.25) is 0 Å². The molecule has 0 heterocycles. The van der Waals surface area contributed by atoms with Gasteiger partial charge in [-0.3, -0.25) is 0 Å². The van der Waals surface area contributed by atoms with Crippen molar-refractivity contribution in [2.45, 2.75) is 46.5 Å². The molecule has 0 amide bonds. The van der Waals surface area contributed by atoms with Crippen molar-refractivity contribution in [1.29, 1.82) is 0 Å². The number of hydrogen-bond acceptors (Lipinski definition) is 1. The SMILES string of the molecule is Cc1ccc(C)c(C(C)(Cc2ccc(C)c(C)c2)c2ccc(N(C)C)cc2)c1. The molecule has 0 aromatic heterocycles. The Labute approximate surface area is 171 Å². The van der Waals surface area contributed by atoms with Crippen molar-refractivity contribution in [2.75, 3.05) is 19.0 Å². The van der Waals surface area contributed by atoms with Crippen molar-refractivity contribution in [3.63, 3.8) is 0 Å². The minimum atomic E-state index is -0.0807. The lowest BCUT2D eigenvalue weighted by molar-refractivity contribution is 0.563. The molecule has 0 aliphatic rings. The van der Waals surface area contributed by atoms with Gasteiger partial charge >= 0.3 is 0 Å². The van der Waals surface area contributed by atoms with E-state index in [1.807, 2.05) is 0 Å². The van der Waals surface area contributed by atoms with Gasteiger partial charge in [0.05, 0.1) is 0 Å². The number of anilines is 1. The van der Waals surface area contributed by atoms with Gasteiger partial charge in [-0.15, -0.1) is 0 Å². The van der Waals surface area contributed by atoms with Crippen molar-refractivity contribution in [1.82, 2.24) is 0 Å². The van der Waals surface area contributed by atoms with Gasteiger partial charge in [-0.2, -0.15) is 0 Å². The average molecular weight is 372 g/mol. The van der Waals surface area contributed by atoms with Crippen LogP contribution < -0.4 is 4.90 Å². The van der Waals surface area contributed by atoms with Crippen LogP contribution in [0.2, 0.25) is 0 Å². The van der Waals surface area contributed by atoms with Crippen LogP contribution in [-0.4, -0.2) is 14.1 Å². The fraction of sp³-hybridized carbons (Fsp3) is 0.333. The van der Waals surface area contributed by atoms with Gasteiger partial charge in [0, 0.05) is 25.2 Å². The number of hydrogen-bond donors (Lipinski definition) is 0. The molecule has 0 bridgehead atoms. The summed E-state index contributed by atoms with van der Waals surface area (Å²) in [5.74, 6) is 0. The second-order valence-electron chi connectivity index (χ2n) is 8.69. The Morgan fingerprint density at radius 3 is 1.96 bits per heavy atom. The summed E-state index contributed by atoms with van der Waals surface area (Å²) in [6, 6.07) is 22.8. The molecule has 0 aliphatic carbocycles. The topological polar surface area (TPSA) is 3.24 Å². The molecule has 0 aliphatic heterocycles. The van der Waals surface area contributed by atoms with Crippen LogP contribution >= 0.6 is 0 Å². The summed E-state index contributed by atoms with van der Waals surface area (Å²) in [6.07, 6.45) is 0.986. The maximum Gasteiger partial charge on any atom is 0.0361 e. The molecule has 0 N–H and O–H groups in total. The second kappa shape index (κ2) is 7.83. The highest BCUT2D eigenvalue weighted by atomic mass is 15.1. The molecular weight excluding hydrogens is 338 g/mol. The lowest BCUT2D eigenvalue weighted by atomic mass is 9.70. The third-order valence-electron chi connectivity index (χ3n) is 6.14. The Morgan fingerprint density at radius 2 is 1.36 bits per heavy atom. The van der Waals surface area contributed by atoms with E-state index in [0.29, 0.717) is 0 Å². The monoisotopic (exact) mass is 371 g/mol. The summed E-state index contributed by atoms with van der Waals surface area (Å²) in [5.41, 5.74) is 10.7. The Bertz CT molecular complexity index is 966. The fourth-order valence-electron chi connectivity index (χ4n) is 4.13. The predicted octanol–water partition coefficient (Wildman–Crippen LogP) is 6.53. The molecule has 1 heteroatoms.